The highest BCUT2D eigenvalue weighted by Crippen LogP contribution is 2.47. The molecule has 1 aliphatic rings. The first-order chi connectivity index (χ1) is 16.9. The number of methoxy groups -OCH3 is 1. The van der Waals surface area contributed by atoms with Crippen LogP contribution >= 0.6 is 23.2 Å². The van der Waals surface area contributed by atoms with E-state index in [4.69, 9.17) is 42.1 Å². The molecule has 0 bridgehead atoms. The second-order valence-corrected chi connectivity index (χ2v) is 8.40. The van der Waals surface area contributed by atoms with E-state index in [0.717, 1.165) is 5.56 Å². The zero-order valence-electron chi connectivity index (χ0n) is 18.5. The molecule has 10 heteroatoms. The van der Waals surface area contributed by atoms with Crippen LogP contribution in [0.15, 0.2) is 54.6 Å². The summed E-state index contributed by atoms with van der Waals surface area (Å²) < 4.78 is 21.8. The van der Waals surface area contributed by atoms with Gasteiger partial charge in [0, 0.05) is 13.5 Å². The number of carbonyl (C=O) groups is 2. The molecule has 4 rings (SSSR count). The molecule has 182 valence electrons. The average molecular weight is 518 g/mol. The third kappa shape index (κ3) is 5.45. The molecule has 0 saturated heterocycles. The highest BCUT2D eigenvalue weighted by molar-refractivity contribution is 6.39. The van der Waals surface area contributed by atoms with Gasteiger partial charge in [0.05, 0.1) is 21.2 Å². The van der Waals surface area contributed by atoms with E-state index in [0.29, 0.717) is 28.4 Å². The van der Waals surface area contributed by atoms with Gasteiger partial charge in [-0.1, -0.05) is 53.5 Å². The first-order valence-corrected chi connectivity index (χ1v) is 11.3. The van der Waals surface area contributed by atoms with Gasteiger partial charge in [-0.15, -0.1) is 0 Å². The number of ether oxygens (including phenoxy) is 4. The van der Waals surface area contributed by atoms with Crippen molar-refractivity contribution in [3.8, 4) is 28.4 Å². The second kappa shape index (κ2) is 10.9. The lowest BCUT2D eigenvalue weighted by Crippen LogP contribution is -2.42. The van der Waals surface area contributed by atoms with Crippen molar-refractivity contribution in [2.45, 2.75) is 12.5 Å². The van der Waals surface area contributed by atoms with Gasteiger partial charge in [0.1, 0.15) is 11.8 Å². The van der Waals surface area contributed by atoms with Gasteiger partial charge in [-0.2, -0.15) is 0 Å². The number of aliphatic carboxylic acids is 1. The molecule has 0 fully saturated rings. The molecule has 1 amide bonds. The number of amides is 1. The summed E-state index contributed by atoms with van der Waals surface area (Å²) in [5, 5.41) is 12.5. The van der Waals surface area contributed by atoms with Gasteiger partial charge >= 0.3 is 5.97 Å². The zero-order valence-corrected chi connectivity index (χ0v) is 20.1. The summed E-state index contributed by atoms with van der Waals surface area (Å²) in [6.07, 6.45) is 0.0446. The third-order valence-electron chi connectivity index (χ3n) is 5.31. The fraction of sp³-hybridized carbons (Fsp3) is 0.200. The monoisotopic (exact) mass is 517 g/mol. The van der Waals surface area contributed by atoms with Crippen molar-refractivity contribution in [1.82, 2.24) is 5.32 Å². The fourth-order valence-corrected chi connectivity index (χ4v) is 4.23. The summed E-state index contributed by atoms with van der Waals surface area (Å²) in [4.78, 5) is 24.5. The smallest absolute Gasteiger partial charge is 0.326 e. The van der Waals surface area contributed by atoms with Crippen molar-refractivity contribution in [2.75, 3.05) is 20.7 Å². The van der Waals surface area contributed by atoms with Crippen LogP contribution in [0.25, 0.3) is 11.1 Å². The van der Waals surface area contributed by atoms with Crippen LogP contribution < -0.4 is 19.5 Å². The van der Waals surface area contributed by atoms with Crippen LogP contribution in [-0.4, -0.2) is 43.7 Å². The molecule has 1 heterocycles. The maximum atomic E-state index is 12.7. The fourth-order valence-electron chi connectivity index (χ4n) is 3.66. The molecule has 2 N–H and O–H groups in total. The molecule has 0 spiro atoms. The lowest BCUT2D eigenvalue weighted by molar-refractivity contribution is -0.139. The molecule has 1 aliphatic heterocycles. The summed E-state index contributed by atoms with van der Waals surface area (Å²) in [5.74, 6) is -0.149. The van der Waals surface area contributed by atoms with E-state index < -0.39 is 17.9 Å². The van der Waals surface area contributed by atoms with E-state index in [-0.39, 0.29) is 35.6 Å². The molecule has 0 unspecified atom stereocenters. The van der Waals surface area contributed by atoms with Crippen molar-refractivity contribution >= 4 is 35.1 Å². The minimum absolute atomic E-state index is 0.0289. The zero-order chi connectivity index (χ0) is 24.9. The largest absolute Gasteiger partial charge is 0.480 e. The highest BCUT2D eigenvalue weighted by Gasteiger charge is 2.25. The van der Waals surface area contributed by atoms with Crippen LogP contribution in [0.1, 0.15) is 15.9 Å². The Morgan fingerprint density at radius 1 is 1.06 bits per heavy atom. The number of rotatable bonds is 9. The number of carbonyl (C=O) groups excluding carboxylic acids is 1. The first-order valence-electron chi connectivity index (χ1n) is 10.5. The van der Waals surface area contributed by atoms with E-state index in [1.807, 2.05) is 12.1 Å². The maximum Gasteiger partial charge on any atom is 0.326 e. The number of hydrogen-bond donors (Lipinski definition) is 2. The molecule has 1 atom stereocenters. The molecular formula is C25H21Cl2NO7. The number of halogens is 2. The lowest BCUT2D eigenvalue weighted by atomic mass is 9.99. The minimum Gasteiger partial charge on any atom is -0.480 e. The standard InChI is InChI=1S/C25H21Cl2NO7/c1-32-12-33-19-9-10-20-23(35-13-34-20)21(19)15-7-5-14(6-8-15)11-18(25(30)31)28-24(29)22-16(26)3-2-4-17(22)27/h2-10,18H,11-13H2,1H3,(H,28,29)(H,30,31)/t18-/m0/s1. The van der Waals surface area contributed by atoms with Crippen molar-refractivity contribution in [3.05, 3.63) is 75.8 Å². The van der Waals surface area contributed by atoms with Gasteiger partial charge in [0.25, 0.3) is 5.91 Å². The van der Waals surface area contributed by atoms with Crippen molar-refractivity contribution in [3.63, 3.8) is 0 Å². The minimum atomic E-state index is -1.20. The average Bonchev–Trinajstić information content (AvgIpc) is 3.31. The predicted octanol–water partition coefficient (Wildman–Crippen LogP) is 4.80. The Hall–Kier alpha value is -3.46. The quantitative estimate of drug-likeness (QED) is 0.393. The normalized spacial score (nSPS) is 12.8. The Morgan fingerprint density at radius 3 is 2.43 bits per heavy atom. The Bertz CT molecular complexity index is 1230. The highest BCUT2D eigenvalue weighted by atomic mass is 35.5. The summed E-state index contributed by atoms with van der Waals surface area (Å²) in [5.41, 5.74) is 2.19. The Balaban J connectivity index is 1.55. The van der Waals surface area contributed by atoms with Crippen LogP contribution in [-0.2, 0) is 16.0 Å². The number of benzene rings is 3. The molecule has 0 aromatic heterocycles. The van der Waals surface area contributed by atoms with E-state index in [2.05, 4.69) is 5.32 Å². The van der Waals surface area contributed by atoms with E-state index >= 15 is 0 Å². The maximum absolute atomic E-state index is 12.7. The summed E-state index contributed by atoms with van der Waals surface area (Å²) >= 11 is 12.2. The van der Waals surface area contributed by atoms with E-state index in [1.165, 1.54) is 19.2 Å². The van der Waals surface area contributed by atoms with Gasteiger partial charge in [-0.3, -0.25) is 4.79 Å². The Kier molecular flexibility index (Phi) is 7.65. The van der Waals surface area contributed by atoms with Crippen LogP contribution in [0.5, 0.6) is 17.2 Å². The number of fused-ring (bicyclic) bond motifs is 1. The molecule has 35 heavy (non-hydrogen) atoms. The van der Waals surface area contributed by atoms with Crippen LogP contribution in [0.2, 0.25) is 10.0 Å². The summed E-state index contributed by atoms with van der Waals surface area (Å²) in [7, 11) is 1.53. The topological polar surface area (TPSA) is 103 Å². The van der Waals surface area contributed by atoms with Crippen molar-refractivity contribution in [2.24, 2.45) is 0 Å². The molecule has 3 aromatic carbocycles. The second-order valence-electron chi connectivity index (χ2n) is 7.59. The van der Waals surface area contributed by atoms with E-state index in [1.54, 1.807) is 30.3 Å². The van der Waals surface area contributed by atoms with Crippen molar-refractivity contribution < 1.29 is 33.6 Å². The molecule has 0 saturated carbocycles. The molecule has 0 aliphatic carbocycles. The summed E-state index contributed by atoms with van der Waals surface area (Å²) in [6.45, 7) is 0.156. The SMILES string of the molecule is COCOc1ccc2c(c1-c1ccc(C[C@H](NC(=O)c3c(Cl)cccc3Cl)C(=O)O)cc1)OCO2. The number of nitrogens with one attached hydrogen (secondary N) is 1. The van der Waals surface area contributed by atoms with Gasteiger partial charge in [0.2, 0.25) is 6.79 Å². The first kappa shape index (κ1) is 24.7. The van der Waals surface area contributed by atoms with E-state index in [9.17, 15) is 14.7 Å². The number of carboxylic acids is 1. The number of hydrogen-bond acceptors (Lipinski definition) is 6. The van der Waals surface area contributed by atoms with Gasteiger partial charge in [-0.25, -0.2) is 4.79 Å². The lowest BCUT2D eigenvalue weighted by Gasteiger charge is -2.17. The van der Waals surface area contributed by atoms with Crippen molar-refractivity contribution in [1.29, 1.82) is 0 Å². The van der Waals surface area contributed by atoms with Crippen LogP contribution in [0.3, 0.4) is 0 Å². The third-order valence-corrected chi connectivity index (χ3v) is 5.94. The molecular weight excluding hydrogens is 497 g/mol. The van der Waals surface area contributed by atoms with Gasteiger partial charge in [0.15, 0.2) is 18.3 Å². The predicted molar refractivity (Wildman–Crippen MR) is 130 cm³/mol. The Labute approximate surface area is 211 Å². The van der Waals surface area contributed by atoms with Gasteiger partial charge < -0.3 is 29.4 Å². The van der Waals surface area contributed by atoms with Gasteiger partial charge in [-0.05, 0) is 35.4 Å². The van der Waals surface area contributed by atoms with Crippen LogP contribution in [0.4, 0.5) is 0 Å². The molecule has 8 nitrogen and oxygen atoms in total. The summed E-state index contributed by atoms with van der Waals surface area (Å²) in [6, 6.07) is 14.1. The number of carboxylic acid groups (broad SMARTS) is 1. The molecule has 3 aromatic rings. The molecule has 0 radical (unpaired) electrons. The Morgan fingerprint density at radius 2 is 1.77 bits per heavy atom. The van der Waals surface area contributed by atoms with Crippen LogP contribution in [0, 0.1) is 0 Å².